The van der Waals surface area contributed by atoms with E-state index in [0.29, 0.717) is 0 Å². The van der Waals surface area contributed by atoms with Gasteiger partial charge in [-0.1, -0.05) is 0 Å². The number of thioether (sulfide) groups is 2. The van der Waals surface area contributed by atoms with E-state index in [1.54, 1.807) is 11.8 Å². The molecule has 0 spiro atoms. The van der Waals surface area contributed by atoms with Crippen LogP contribution in [0.5, 0.6) is 0 Å². The van der Waals surface area contributed by atoms with Crippen LogP contribution >= 0.6 is 23.5 Å². The number of benzene rings is 1. The Morgan fingerprint density at radius 2 is 1.73 bits per heavy atom. The summed E-state index contributed by atoms with van der Waals surface area (Å²) in [6, 6.07) is 7.95. The zero-order chi connectivity index (χ0) is 8.10. The first-order valence-corrected chi connectivity index (χ1v) is 5.11. The second-order valence-corrected chi connectivity index (χ2v) is 3.61. The summed E-state index contributed by atoms with van der Waals surface area (Å²) in [5, 5.41) is 10.4. The molecule has 0 radical (unpaired) electrons. The summed E-state index contributed by atoms with van der Waals surface area (Å²) in [6.45, 7) is 0. The Morgan fingerprint density at radius 3 is 2.18 bits per heavy atom. The van der Waals surface area contributed by atoms with Crippen molar-refractivity contribution in [3.8, 4) is 5.40 Å². The standard InChI is InChI=1S/C8H7NS2/c1-10-7-2-4-8(5-3-7)11-6-9/h2-5H,1H3. The highest BCUT2D eigenvalue weighted by Crippen LogP contribution is 2.20. The highest BCUT2D eigenvalue weighted by Gasteiger charge is 1.91. The Balaban J connectivity index is 2.76. The predicted molar refractivity (Wildman–Crippen MR) is 49.7 cm³/mol. The molecule has 0 amide bonds. The quantitative estimate of drug-likeness (QED) is 0.517. The third-order valence-electron chi connectivity index (χ3n) is 1.22. The summed E-state index contributed by atoms with van der Waals surface area (Å²) in [5.41, 5.74) is 0. The Morgan fingerprint density at radius 1 is 1.18 bits per heavy atom. The maximum Gasteiger partial charge on any atom is 0.138 e. The summed E-state index contributed by atoms with van der Waals surface area (Å²) < 4.78 is 0. The van der Waals surface area contributed by atoms with E-state index in [2.05, 4.69) is 0 Å². The first-order valence-electron chi connectivity index (χ1n) is 3.07. The van der Waals surface area contributed by atoms with E-state index < -0.39 is 0 Å². The van der Waals surface area contributed by atoms with Crippen LogP contribution in [0.25, 0.3) is 0 Å². The molecule has 3 heteroatoms. The van der Waals surface area contributed by atoms with Crippen molar-refractivity contribution in [2.75, 3.05) is 6.26 Å². The zero-order valence-electron chi connectivity index (χ0n) is 6.07. The molecule has 0 aliphatic carbocycles. The van der Waals surface area contributed by atoms with Crippen molar-refractivity contribution in [1.82, 2.24) is 0 Å². The first-order chi connectivity index (χ1) is 5.36. The third-order valence-corrected chi connectivity index (χ3v) is 2.57. The minimum absolute atomic E-state index is 1.00. The van der Waals surface area contributed by atoms with Gasteiger partial charge in [0.15, 0.2) is 0 Å². The van der Waals surface area contributed by atoms with Crippen LogP contribution in [0.4, 0.5) is 0 Å². The fourth-order valence-corrected chi connectivity index (χ4v) is 1.48. The van der Waals surface area contributed by atoms with E-state index in [-0.39, 0.29) is 0 Å². The van der Waals surface area contributed by atoms with Gasteiger partial charge in [0.1, 0.15) is 5.40 Å². The normalized spacial score (nSPS) is 9.09. The summed E-state index contributed by atoms with van der Waals surface area (Å²) in [5.74, 6) is 0. The lowest BCUT2D eigenvalue weighted by atomic mass is 10.4. The highest BCUT2D eigenvalue weighted by atomic mass is 32.2. The maximum atomic E-state index is 8.35. The second kappa shape index (κ2) is 4.32. The van der Waals surface area contributed by atoms with Crippen molar-refractivity contribution in [3.05, 3.63) is 24.3 Å². The minimum Gasteiger partial charge on any atom is -0.185 e. The van der Waals surface area contributed by atoms with E-state index in [1.807, 2.05) is 35.9 Å². The molecule has 0 saturated carbocycles. The van der Waals surface area contributed by atoms with Crippen LogP contribution in [0.2, 0.25) is 0 Å². The third kappa shape index (κ3) is 2.49. The average molecular weight is 181 g/mol. The first kappa shape index (κ1) is 8.51. The molecule has 0 aliphatic rings. The minimum atomic E-state index is 1.00. The Bertz CT molecular complexity index is 260. The van der Waals surface area contributed by atoms with Crippen molar-refractivity contribution in [2.45, 2.75) is 9.79 Å². The molecular weight excluding hydrogens is 174 g/mol. The SMILES string of the molecule is CSc1ccc(SC#N)cc1. The molecule has 56 valence electrons. The van der Waals surface area contributed by atoms with Gasteiger partial charge in [-0.25, -0.2) is 0 Å². The number of rotatable bonds is 2. The summed E-state index contributed by atoms with van der Waals surface area (Å²) >= 11 is 2.89. The number of nitrogens with zero attached hydrogens (tertiary/aromatic N) is 1. The monoisotopic (exact) mass is 181 g/mol. The van der Waals surface area contributed by atoms with Crippen LogP contribution in [-0.4, -0.2) is 6.26 Å². The van der Waals surface area contributed by atoms with Gasteiger partial charge in [0.25, 0.3) is 0 Å². The van der Waals surface area contributed by atoms with Crippen LogP contribution < -0.4 is 0 Å². The lowest BCUT2D eigenvalue weighted by molar-refractivity contribution is 1.36. The molecule has 1 aromatic rings. The van der Waals surface area contributed by atoms with Crippen molar-refractivity contribution < 1.29 is 0 Å². The van der Waals surface area contributed by atoms with Crippen LogP contribution in [0.15, 0.2) is 34.1 Å². The summed E-state index contributed by atoms with van der Waals surface area (Å²) in [6.07, 6.45) is 2.03. The molecule has 0 N–H and O–H groups in total. The van der Waals surface area contributed by atoms with Gasteiger partial charge in [-0.15, -0.1) is 11.8 Å². The van der Waals surface area contributed by atoms with Gasteiger partial charge in [0.05, 0.1) is 0 Å². The van der Waals surface area contributed by atoms with E-state index in [4.69, 9.17) is 5.26 Å². The Kier molecular flexibility index (Phi) is 3.34. The van der Waals surface area contributed by atoms with Gasteiger partial charge in [-0.3, -0.25) is 0 Å². The molecule has 1 aromatic carbocycles. The Labute approximate surface area is 74.8 Å². The predicted octanol–water partition coefficient (Wildman–Crippen LogP) is 2.98. The van der Waals surface area contributed by atoms with Gasteiger partial charge in [0, 0.05) is 9.79 Å². The molecule has 0 saturated heterocycles. The van der Waals surface area contributed by atoms with Gasteiger partial charge in [0.2, 0.25) is 0 Å². The summed E-state index contributed by atoms with van der Waals surface area (Å²) in [7, 11) is 0. The fourth-order valence-electron chi connectivity index (χ4n) is 0.696. The smallest absolute Gasteiger partial charge is 0.138 e. The van der Waals surface area contributed by atoms with E-state index in [9.17, 15) is 0 Å². The highest BCUT2D eigenvalue weighted by molar-refractivity contribution is 8.03. The molecule has 0 aromatic heterocycles. The number of nitriles is 1. The van der Waals surface area contributed by atoms with Crippen molar-refractivity contribution >= 4 is 23.5 Å². The van der Waals surface area contributed by atoms with Gasteiger partial charge in [-0.05, 0) is 42.3 Å². The zero-order valence-corrected chi connectivity index (χ0v) is 7.71. The van der Waals surface area contributed by atoms with E-state index >= 15 is 0 Å². The van der Waals surface area contributed by atoms with E-state index in [0.717, 1.165) is 4.90 Å². The fraction of sp³-hybridized carbons (Fsp3) is 0.125. The molecular formula is C8H7NS2. The van der Waals surface area contributed by atoms with Crippen molar-refractivity contribution in [1.29, 1.82) is 5.26 Å². The maximum absolute atomic E-state index is 8.35. The van der Waals surface area contributed by atoms with Crippen LogP contribution in [0.3, 0.4) is 0 Å². The van der Waals surface area contributed by atoms with Gasteiger partial charge in [-0.2, -0.15) is 5.26 Å². The van der Waals surface area contributed by atoms with E-state index in [1.165, 1.54) is 16.7 Å². The molecule has 1 rings (SSSR count). The Hall–Kier alpha value is -0.590. The van der Waals surface area contributed by atoms with Crippen LogP contribution in [-0.2, 0) is 0 Å². The molecule has 0 atom stereocenters. The number of hydrogen-bond donors (Lipinski definition) is 0. The largest absolute Gasteiger partial charge is 0.185 e. The van der Waals surface area contributed by atoms with Crippen LogP contribution in [0, 0.1) is 10.7 Å². The molecule has 0 fully saturated rings. The lowest BCUT2D eigenvalue weighted by Gasteiger charge is -1.95. The topological polar surface area (TPSA) is 23.8 Å². The molecule has 11 heavy (non-hydrogen) atoms. The second-order valence-electron chi connectivity index (χ2n) is 1.87. The van der Waals surface area contributed by atoms with Crippen molar-refractivity contribution in [2.24, 2.45) is 0 Å². The average Bonchev–Trinajstić information content (AvgIpc) is 2.07. The molecule has 0 heterocycles. The molecule has 0 bridgehead atoms. The molecule has 0 aliphatic heterocycles. The van der Waals surface area contributed by atoms with Crippen LogP contribution in [0.1, 0.15) is 0 Å². The van der Waals surface area contributed by atoms with Crippen molar-refractivity contribution in [3.63, 3.8) is 0 Å². The lowest BCUT2D eigenvalue weighted by Crippen LogP contribution is -1.69. The molecule has 1 nitrogen and oxygen atoms in total. The molecule has 0 unspecified atom stereocenters. The number of thiocyanates is 1. The number of hydrogen-bond acceptors (Lipinski definition) is 3. The van der Waals surface area contributed by atoms with Gasteiger partial charge < -0.3 is 0 Å². The summed E-state index contributed by atoms with van der Waals surface area (Å²) in [4.78, 5) is 2.23. The van der Waals surface area contributed by atoms with Gasteiger partial charge >= 0.3 is 0 Å².